The van der Waals surface area contributed by atoms with E-state index >= 15 is 0 Å². The molecule has 34 rings (SSSR count). The molecular formula is C66H10O2. The molecule has 0 amide bonds. The summed E-state index contributed by atoms with van der Waals surface area (Å²) in [6.45, 7) is 0. The molecule has 0 bridgehead atoms. The van der Waals surface area contributed by atoms with E-state index in [9.17, 15) is 0 Å². The van der Waals surface area contributed by atoms with E-state index in [1.165, 1.54) is 0 Å². The van der Waals surface area contributed by atoms with Crippen molar-refractivity contribution >= 4 is 291 Å². The molecule has 28 aromatic rings. The van der Waals surface area contributed by atoms with Crippen molar-refractivity contribution in [1.82, 2.24) is 0 Å². The zero-order valence-electron chi connectivity index (χ0n) is 35.0. The van der Waals surface area contributed by atoms with Gasteiger partial charge in [-0.15, -0.1) is 0 Å². The number of ether oxygens (including phenoxy) is 2. The van der Waals surface area contributed by atoms with Crippen LogP contribution in [-0.4, -0.2) is 12.9 Å². The molecule has 0 radical (unpaired) electrons. The van der Waals surface area contributed by atoms with Gasteiger partial charge in [0.2, 0.25) is 0 Å². The Bertz CT molecular complexity index is 6960. The predicted octanol–water partition coefficient (Wildman–Crippen LogP) is 17.4. The summed E-state index contributed by atoms with van der Waals surface area (Å²) < 4.78 is 16.0. The maximum absolute atomic E-state index is 8.78. The normalized spacial score (nSPS) is 27.0. The van der Waals surface area contributed by atoms with Gasteiger partial charge in [0.25, 0.3) is 0 Å². The van der Waals surface area contributed by atoms with Crippen LogP contribution in [0.15, 0.2) is 0 Å². The highest BCUT2D eigenvalue weighted by Crippen LogP contribution is 2.88. The minimum atomic E-state index is -0.667. The Morgan fingerprint density at radius 1 is 0.279 bits per heavy atom. The zero-order chi connectivity index (χ0) is 40.1. The first-order chi connectivity index (χ1) is 33.8. The lowest BCUT2D eigenvalue weighted by atomic mass is 9.51. The van der Waals surface area contributed by atoms with Gasteiger partial charge in [0.15, 0.2) is 5.79 Å². The van der Waals surface area contributed by atoms with Crippen molar-refractivity contribution < 1.29 is 9.47 Å². The fourth-order valence-corrected chi connectivity index (χ4v) is 26.2. The fraction of sp³-hybridized carbons (Fsp3) is 0.121. The summed E-state index contributed by atoms with van der Waals surface area (Å²) in [5.41, 5.74) is 5.55. The summed E-state index contributed by atoms with van der Waals surface area (Å²) in [5.74, 6) is -0.441. The number of methoxy groups -OCH3 is 1. The van der Waals surface area contributed by atoms with Crippen LogP contribution in [0.5, 0.6) is 0 Å². The highest BCUT2D eigenvalue weighted by molar-refractivity contribution is 6.82. The summed E-state index contributed by atoms with van der Waals surface area (Å²) >= 11 is 0. The number of hydrogen-bond acceptors (Lipinski definition) is 2. The molecule has 0 unspecified atom stereocenters. The average molecular weight is 835 g/mol. The van der Waals surface area contributed by atoms with Crippen LogP contribution in [0.2, 0.25) is 0 Å². The zero-order valence-corrected chi connectivity index (χ0v) is 35.0. The van der Waals surface area contributed by atoms with Gasteiger partial charge in [0, 0.05) is 30.6 Å². The van der Waals surface area contributed by atoms with Crippen LogP contribution in [0.3, 0.4) is 0 Å². The number of benzene rings is 18. The molecule has 1 saturated heterocycles. The van der Waals surface area contributed by atoms with E-state index in [4.69, 9.17) is 9.47 Å². The van der Waals surface area contributed by atoms with Gasteiger partial charge in [-0.05, 0) is 315 Å². The standard InChI is InChI=1S/C66H10O2/c1-67-64-4-2-3-5(64)65-60-52-44-34-24-16-8-6-7-10-14-12(8)20-28-22(14)32-26-18(10)19-11(7)15-13-9(6)17(16)25-31-21(13)29-23(15)33-27(19)37-36(26)48-42(32)50-40(28)46(38(44)30(20)24)54(60)56(50)62-58(48)59-49(37)43(33)51-41(29)47-39(31)45(35(25)34)53(52)61(65)55(47)57(51)63(59)66(62,65)68-64/h5H,2-4H2,1H3/t5-,64+,65?,66?/m1/s1. The topological polar surface area (TPSA) is 18.5 Å². The summed E-state index contributed by atoms with van der Waals surface area (Å²) in [6.07, 6.45) is 3.27. The van der Waals surface area contributed by atoms with Crippen molar-refractivity contribution in [1.29, 1.82) is 0 Å². The monoisotopic (exact) mass is 834 g/mol. The van der Waals surface area contributed by atoms with Crippen molar-refractivity contribution in [3.05, 3.63) is 22.3 Å². The quantitative estimate of drug-likeness (QED) is 0.153. The van der Waals surface area contributed by atoms with Crippen LogP contribution >= 0.6 is 0 Å². The lowest BCUT2D eigenvalue weighted by Gasteiger charge is -2.50. The van der Waals surface area contributed by atoms with Crippen molar-refractivity contribution in [3.8, 4) is 0 Å². The van der Waals surface area contributed by atoms with E-state index in [1.54, 1.807) is 313 Å². The van der Waals surface area contributed by atoms with Gasteiger partial charge >= 0.3 is 0 Å². The Labute approximate surface area is 369 Å². The third kappa shape index (κ3) is 1.24. The second-order valence-electron chi connectivity index (χ2n) is 25.8. The molecule has 2 atom stereocenters. The van der Waals surface area contributed by atoms with Crippen LogP contribution in [0.25, 0.3) is 291 Å². The van der Waals surface area contributed by atoms with E-state index in [2.05, 4.69) is 0 Å². The largest absolute Gasteiger partial charge is 0.353 e. The van der Waals surface area contributed by atoms with Gasteiger partial charge in [-0.3, -0.25) is 0 Å². The fourth-order valence-electron chi connectivity index (χ4n) is 26.2. The molecule has 1 aliphatic heterocycles. The highest BCUT2D eigenvalue weighted by Gasteiger charge is 2.81. The van der Waals surface area contributed by atoms with Gasteiger partial charge < -0.3 is 9.47 Å². The predicted molar refractivity (Wildman–Crippen MR) is 282 cm³/mol. The Hall–Kier alpha value is -7.62. The van der Waals surface area contributed by atoms with Crippen molar-refractivity contribution in [2.75, 3.05) is 7.11 Å². The van der Waals surface area contributed by atoms with Crippen LogP contribution < -0.4 is 0 Å². The van der Waals surface area contributed by atoms with E-state index in [0.29, 0.717) is 0 Å². The first kappa shape index (κ1) is 24.9. The molecule has 5 aliphatic carbocycles. The molecule has 1 saturated carbocycles. The maximum Gasteiger partial charge on any atom is 0.173 e. The summed E-state index contributed by atoms with van der Waals surface area (Å²) in [7, 11) is 2.04. The molecule has 0 aromatic heterocycles. The van der Waals surface area contributed by atoms with Gasteiger partial charge in [0.1, 0.15) is 5.60 Å². The first-order valence-electron chi connectivity index (χ1n) is 25.9. The lowest BCUT2D eigenvalue weighted by Crippen LogP contribution is -2.52. The maximum atomic E-state index is 8.78. The summed E-state index contributed by atoms with van der Waals surface area (Å²) in [5, 5.41) is 88.8. The molecule has 286 valence electrons. The number of hydrogen-bond donors (Lipinski definition) is 0. The second kappa shape index (κ2) is 5.47. The minimum absolute atomic E-state index is 0.218. The molecule has 6 aliphatic rings. The van der Waals surface area contributed by atoms with Crippen LogP contribution in [0, 0.1) is 5.92 Å². The molecular weight excluding hydrogens is 825 g/mol. The van der Waals surface area contributed by atoms with E-state index < -0.39 is 11.4 Å². The van der Waals surface area contributed by atoms with Gasteiger partial charge in [-0.2, -0.15) is 0 Å². The Morgan fingerprint density at radius 3 is 0.676 bits per heavy atom. The second-order valence-corrected chi connectivity index (χ2v) is 25.8. The Morgan fingerprint density at radius 2 is 0.471 bits per heavy atom. The molecule has 0 N–H and O–H groups in total. The van der Waals surface area contributed by atoms with Crippen LogP contribution in [0.1, 0.15) is 41.5 Å². The van der Waals surface area contributed by atoms with E-state index in [0.717, 1.165) is 19.3 Å². The molecule has 2 heteroatoms. The average Bonchev–Trinajstić information content (AvgIpc) is 4.27. The molecule has 2 spiro atoms. The van der Waals surface area contributed by atoms with Crippen molar-refractivity contribution in [2.24, 2.45) is 5.92 Å². The molecule has 68 heavy (non-hydrogen) atoms. The van der Waals surface area contributed by atoms with Crippen molar-refractivity contribution in [2.45, 2.75) is 36.1 Å². The van der Waals surface area contributed by atoms with Gasteiger partial charge in [-0.25, -0.2) is 0 Å². The Kier molecular flexibility index (Phi) is 2.01. The summed E-state index contributed by atoms with van der Waals surface area (Å²) in [6, 6.07) is 0. The van der Waals surface area contributed by atoms with Gasteiger partial charge in [-0.1, -0.05) is 0 Å². The molecule has 28 aromatic carbocycles. The Balaban J connectivity index is 1.22. The third-order valence-corrected chi connectivity index (χ3v) is 26.0. The van der Waals surface area contributed by atoms with Crippen LogP contribution in [0.4, 0.5) is 0 Å². The smallest absolute Gasteiger partial charge is 0.173 e. The number of fused-ring (bicyclic) bond motifs is 1. The SMILES string of the molecule is CO[C@]12CCC[C@H]1C13c4c5c6c7c8c9c(c%10c%11c1c1c4c4c%12c5c5c6c6c8c8c%13c9c9c%10c%10c%11c%11c1c1c4c4c%12c%12c5c5c6c8c6c8c%13c9c9c%10c%10c%11c1c1c4c4c%12c5c6c5c8c9c%10c1c45)C73O2. The van der Waals surface area contributed by atoms with E-state index in [1.807, 2.05) is 7.11 Å². The molecule has 2 nitrogen and oxygen atoms in total. The minimum Gasteiger partial charge on any atom is -0.353 e. The lowest BCUT2D eigenvalue weighted by molar-refractivity contribution is -0.240. The van der Waals surface area contributed by atoms with Gasteiger partial charge in [0.05, 0.1) is 5.41 Å². The molecule has 1 heterocycles. The first-order valence-corrected chi connectivity index (χ1v) is 25.9. The highest BCUT2D eigenvalue weighted by atomic mass is 16.7. The van der Waals surface area contributed by atoms with E-state index in [-0.39, 0.29) is 11.3 Å². The summed E-state index contributed by atoms with van der Waals surface area (Å²) in [4.78, 5) is 0. The third-order valence-electron chi connectivity index (χ3n) is 26.0. The molecule has 2 fully saturated rings. The van der Waals surface area contributed by atoms with Crippen molar-refractivity contribution in [3.63, 3.8) is 0 Å². The van der Waals surface area contributed by atoms with Crippen LogP contribution in [-0.2, 0) is 20.5 Å². The number of rotatable bonds is 1.